The van der Waals surface area contributed by atoms with Crippen LogP contribution in [0.2, 0.25) is 0 Å². The Bertz CT molecular complexity index is 2650. The van der Waals surface area contributed by atoms with E-state index >= 15 is 0 Å². The van der Waals surface area contributed by atoms with Crippen molar-refractivity contribution < 1.29 is 51.5 Å². The van der Waals surface area contributed by atoms with Crippen molar-refractivity contribution in [3.05, 3.63) is 95.4 Å². The van der Waals surface area contributed by atoms with E-state index in [0.29, 0.717) is 6.42 Å². The maximum atomic E-state index is 12.3. The van der Waals surface area contributed by atoms with E-state index in [1.807, 2.05) is 6.07 Å². The second kappa shape index (κ2) is 17.3. The van der Waals surface area contributed by atoms with Crippen LogP contribution in [0.1, 0.15) is 16.7 Å². The molecule has 0 amide bonds. The molecule has 0 aliphatic heterocycles. The summed E-state index contributed by atoms with van der Waals surface area (Å²) in [6, 6.07) is 16.0. The fourth-order valence-corrected chi connectivity index (χ4v) is 6.67. The van der Waals surface area contributed by atoms with Crippen molar-refractivity contribution in [2.24, 2.45) is 20.5 Å². The Hall–Kier alpha value is -5.52. The Labute approximate surface area is 315 Å². The number of pyridine rings is 1. The van der Waals surface area contributed by atoms with E-state index in [1.54, 1.807) is 12.1 Å². The molecule has 0 spiro atoms. The number of sulfone groups is 1. The van der Waals surface area contributed by atoms with Gasteiger partial charge >= 0.3 is 10.4 Å². The summed E-state index contributed by atoms with van der Waals surface area (Å²) in [6.07, 6.45) is 0.362. The van der Waals surface area contributed by atoms with E-state index in [2.05, 4.69) is 46.8 Å². The minimum atomic E-state index is -4.96. The van der Waals surface area contributed by atoms with Gasteiger partial charge in [-0.1, -0.05) is 18.7 Å². The Morgan fingerprint density at radius 1 is 0.782 bits per heavy atom. The van der Waals surface area contributed by atoms with Crippen LogP contribution in [0.4, 0.5) is 34.4 Å². The Kier molecular flexibility index (Phi) is 13.3. The zero-order valence-corrected chi connectivity index (χ0v) is 31.6. The highest BCUT2D eigenvalue weighted by Crippen LogP contribution is 2.37. The van der Waals surface area contributed by atoms with Crippen LogP contribution in [0.25, 0.3) is 0 Å². The Morgan fingerprint density at radius 2 is 1.38 bits per heavy atom. The number of benzene rings is 3. The van der Waals surface area contributed by atoms with Crippen molar-refractivity contribution >= 4 is 74.9 Å². The SMILES string of the molecule is C=CS(=O)(=O)c1ccc(CCNc2nc(NCCOS(=O)(=O)O)c(/N=N/c3ccc(/N=N/c4ccc(S(=O)(=O)O)cc4)cc3S(=O)(=O)O)c(C)c2C#N)cc1. The predicted octanol–water partition coefficient (Wildman–Crippen LogP) is 5.39. The van der Waals surface area contributed by atoms with Crippen LogP contribution in [0.3, 0.4) is 0 Å². The first-order valence-electron chi connectivity index (χ1n) is 15.2. The van der Waals surface area contributed by atoms with E-state index in [9.17, 15) is 43.5 Å². The van der Waals surface area contributed by atoms with Gasteiger partial charge in [-0.2, -0.15) is 40.7 Å². The van der Waals surface area contributed by atoms with Gasteiger partial charge in [0.2, 0.25) is 0 Å². The molecular formula is C31H30N8O12S4. The van der Waals surface area contributed by atoms with Gasteiger partial charge in [0.1, 0.15) is 28.2 Å². The quantitative estimate of drug-likeness (QED) is 0.0506. The molecule has 0 saturated carbocycles. The number of anilines is 2. The molecule has 3 aromatic carbocycles. The van der Waals surface area contributed by atoms with Crippen LogP contribution in [0.5, 0.6) is 0 Å². The zero-order chi connectivity index (χ0) is 40.6. The number of aromatic nitrogens is 1. The van der Waals surface area contributed by atoms with E-state index in [4.69, 9.17) is 9.11 Å². The maximum Gasteiger partial charge on any atom is 0.397 e. The van der Waals surface area contributed by atoms with Crippen LogP contribution in [0.15, 0.2) is 114 Å². The molecular weight excluding hydrogens is 805 g/mol. The summed E-state index contributed by atoms with van der Waals surface area (Å²) in [4.78, 5) is 3.33. The summed E-state index contributed by atoms with van der Waals surface area (Å²) in [5.74, 6) is -0.0246. The summed E-state index contributed by atoms with van der Waals surface area (Å²) < 4.78 is 126. The van der Waals surface area contributed by atoms with E-state index < -0.39 is 52.0 Å². The van der Waals surface area contributed by atoms with Crippen molar-refractivity contribution in [2.45, 2.75) is 28.0 Å². The fourth-order valence-electron chi connectivity index (χ4n) is 4.55. The standard InChI is InChI=1S/C31H30N8O12S4/c1-3-52(40,41)24-9-4-21(5-10-24)14-15-33-30-26(19-32)20(2)29(31(35-30)34-16-17-51-55(48,49)50)39-38-27-13-8-23(18-28(27)54(45,46)47)37-36-22-6-11-25(12-7-22)53(42,43)44/h3-13,18H,1,14-17H2,2H3,(H2,33,34,35)(H,42,43,44)(H,45,46,47)(H,48,49,50)/b37-36+,39-38+. The second-order valence-corrected chi connectivity index (χ2v) is 16.8. The van der Waals surface area contributed by atoms with Gasteiger partial charge in [-0.15, -0.1) is 10.2 Å². The van der Waals surface area contributed by atoms with Crippen LogP contribution in [0, 0.1) is 18.3 Å². The van der Waals surface area contributed by atoms with Gasteiger partial charge in [0.05, 0.1) is 33.3 Å². The van der Waals surface area contributed by atoms with Gasteiger partial charge in [-0.05, 0) is 73.5 Å². The molecule has 290 valence electrons. The number of nitriles is 1. The summed E-state index contributed by atoms with van der Waals surface area (Å²) in [5.41, 5.74) is 0.489. The normalized spacial score (nSPS) is 12.5. The molecule has 4 aromatic rings. The van der Waals surface area contributed by atoms with Gasteiger partial charge in [-0.3, -0.25) is 13.7 Å². The fraction of sp³-hybridized carbons (Fsp3) is 0.161. The van der Waals surface area contributed by atoms with Crippen molar-refractivity contribution in [2.75, 3.05) is 30.3 Å². The first-order valence-corrected chi connectivity index (χ1v) is 21.0. The number of azo groups is 2. The third-order valence-electron chi connectivity index (χ3n) is 7.23. The monoisotopic (exact) mass is 834 g/mol. The zero-order valence-electron chi connectivity index (χ0n) is 28.3. The third kappa shape index (κ3) is 11.7. The van der Waals surface area contributed by atoms with Crippen molar-refractivity contribution in [3.63, 3.8) is 0 Å². The molecule has 0 aliphatic rings. The lowest BCUT2D eigenvalue weighted by atomic mass is 10.1. The summed E-state index contributed by atoms with van der Waals surface area (Å²) in [5, 5.41) is 32.5. The molecule has 0 aliphatic carbocycles. The Morgan fingerprint density at radius 3 is 1.96 bits per heavy atom. The van der Waals surface area contributed by atoms with E-state index in [0.717, 1.165) is 35.2 Å². The van der Waals surface area contributed by atoms with Crippen molar-refractivity contribution in [3.8, 4) is 6.07 Å². The molecule has 1 aromatic heterocycles. The van der Waals surface area contributed by atoms with Gasteiger partial charge in [-0.25, -0.2) is 17.6 Å². The first-order chi connectivity index (χ1) is 25.7. The lowest BCUT2D eigenvalue weighted by molar-refractivity contribution is 0.278. The number of nitrogens with one attached hydrogen (secondary N) is 2. The highest BCUT2D eigenvalue weighted by Gasteiger charge is 2.20. The average Bonchev–Trinajstić information content (AvgIpc) is 3.11. The first kappa shape index (κ1) is 42.2. The number of nitrogens with zero attached hydrogens (tertiary/aromatic N) is 6. The number of rotatable bonds is 17. The molecule has 4 rings (SSSR count). The molecule has 0 fully saturated rings. The van der Waals surface area contributed by atoms with Crippen molar-refractivity contribution in [1.82, 2.24) is 4.98 Å². The summed E-state index contributed by atoms with van der Waals surface area (Å²) in [7, 11) is -17.8. The largest absolute Gasteiger partial charge is 0.397 e. The smallest absolute Gasteiger partial charge is 0.369 e. The van der Waals surface area contributed by atoms with Gasteiger partial charge < -0.3 is 10.6 Å². The van der Waals surface area contributed by atoms with Gasteiger partial charge in [0, 0.05) is 24.1 Å². The number of hydrogen-bond acceptors (Lipinski definition) is 17. The number of hydrogen-bond donors (Lipinski definition) is 5. The van der Waals surface area contributed by atoms with E-state index in [-0.39, 0.29) is 68.4 Å². The molecule has 0 atom stereocenters. The minimum Gasteiger partial charge on any atom is -0.369 e. The molecule has 0 saturated heterocycles. The molecule has 0 bridgehead atoms. The maximum absolute atomic E-state index is 12.3. The molecule has 20 nitrogen and oxygen atoms in total. The molecule has 55 heavy (non-hydrogen) atoms. The van der Waals surface area contributed by atoms with E-state index in [1.165, 1.54) is 37.3 Å². The minimum absolute atomic E-state index is 0.00325. The lowest BCUT2D eigenvalue weighted by Crippen LogP contribution is -2.16. The lowest BCUT2D eigenvalue weighted by Gasteiger charge is -2.15. The van der Waals surface area contributed by atoms with Gasteiger partial charge in [0.15, 0.2) is 15.7 Å². The second-order valence-electron chi connectivity index (χ2n) is 11.0. The van der Waals surface area contributed by atoms with Crippen LogP contribution in [-0.2, 0) is 51.1 Å². The third-order valence-corrected chi connectivity index (χ3v) is 10.8. The molecule has 5 N–H and O–H groups in total. The van der Waals surface area contributed by atoms with Crippen LogP contribution >= 0.6 is 0 Å². The predicted molar refractivity (Wildman–Crippen MR) is 197 cm³/mol. The molecule has 1 heterocycles. The topological polar surface area (TPSA) is 317 Å². The summed E-state index contributed by atoms with van der Waals surface area (Å²) >= 11 is 0. The average molecular weight is 835 g/mol. The Balaban J connectivity index is 1.66. The molecule has 0 radical (unpaired) electrons. The van der Waals surface area contributed by atoms with Crippen LogP contribution in [-0.4, -0.2) is 72.0 Å². The van der Waals surface area contributed by atoms with Crippen LogP contribution < -0.4 is 10.6 Å². The molecule has 24 heteroatoms. The summed E-state index contributed by atoms with van der Waals surface area (Å²) in [6.45, 7) is 4.15. The highest BCUT2D eigenvalue weighted by atomic mass is 32.3. The van der Waals surface area contributed by atoms with Gasteiger partial charge in [0.25, 0.3) is 20.2 Å². The van der Waals surface area contributed by atoms with Crippen molar-refractivity contribution in [1.29, 1.82) is 5.26 Å². The highest BCUT2D eigenvalue weighted by molar-refractivity contribution is 7.94. The molecule has 0 unspecified atom stereocenters.